The molecular weight excluding hydrogens is 457 g/mol. The van der Waals surface area contributed by atoms with Crippen LogP contribution in [0.3, 0.4) is 0 Å². The summed E-state index contributed by atoms with van der Waals surface area (Å²) in [4.78, 5) is 25.4. The van der Waals surface area contributed by atoms with Crippen LogP contribution in [-0.4, -0.2) is 27.7 Å². The van der Waals surface area contributed by atoms with Crippen LogP contribution in [-0.2, 0) is 4.79 Å². The van der Waals surface area contributed by atoms with Crippen molar-refractivity contribution in [1.82, 2.24) is 4.90 Å². The van der Waals surface area contributed by atoms with Crippen molar-refractivity contribution < 1.29 is 14.7 Å². The van der Waals surface area contributed by atoms with E-state index in [0.717, 1.165) is 22.7 Å². The quantitative estimate of drug-likeness (QED) is 0.534. The number of phenolic OH excluding ortho intramolecular Hbond substituents is 1. The van der Waals surface area contributed by atoms with Crippen molar-refractivity contribution in [3.63, 3.8) is 0 Å². The third-order valence-corrected chi connectivity index (χ3v) is 4.85. The Morgan fingerprint density at radius 3 is 2.80 bits per heavy atom. The lowest BCUT2D eigenvalue weighted by atomic mass is 10.2. The number of hydrogen-bond donors (Lipinski definition) is 1. The summed E-state index contributed by atoms with van der Waals surface area (Å²) >= 11 is 6.26. The molecule has 0 radical (unpaired) electrons. The normalized spacial score (nSPS) is 17.4. The second kappa shape index (κ2) is 6.48. The fourth-order valence-corrected chi connectivity index (χ4v) is 4.16. The highest BCUT2D eigenvalue weighted by Gasteiger charge is 2.34. The van der Waals surface area contributed by atoms with Crippen molar-refractivity contribution in [3.05, 3.63) is 30.6 Å². The number of carbonyl (C=O) groups excluding carboxylic acids is 2. The van der Waals surface area contributed by atoms with Gasteiger partial charge in [-0.05, 0) is 59.0 Å². The zero-order valence-corrected chi connectivity index (χ0v) is 15.1. The zero-order chi connectivity index (χ0) is 14.9. The summed E-state index contributed by atoms with van der Waals surface area (Å²) in [6.07, 6.45) is 2.29. The summed E-state index contributed by atoms with van der Waals surface area (Å²) in [5.74, 6) is -0.188. The molecule has 106 valence electrons. The van der Waals surface area contributed by atoms with Crippen LogP contribution in [0, 0.1) is 3.57 Å². The van der Waals surface area contributed by atoms with Crippen molar-refractivity contribution in [1.29, 1.82) is 0 Å². The third-order valence-electron chi connectivity index (χ3n) is 2.67. The van der Waals surface area contributed by atoms with Crippen LogP contribution in [0.15, 0.2) is 21.5 Å². The van der Waals surface area contributed by atoms with Crippen LogP contribution in [0.2, 0.25) is 0 Å². The maximum atomic E-state index is 12.1. The Bertz CT molecular complexity index is 618. The first-order valence-electron chi connectivity index (χ1n) is 5.87. The van der Waals surface area contributed by atoms with E-state index >= 15 is 0 Å². The Balaban J connectivity index is 2.38. The van der Waals surface area contributed by atoms with E-state index in [1.54, 1.807) is 18.2 Å². The summed E-state index contributed by atoms with van der Waals surface area (Å²) < 4.78 is 1.48. The maximum absolute atomic E-state index is 12.1. The minimum absolute atomic E-state index is 0.107. The van der Waals surface area contributed by atoms with Gasteiger partial charge in [-0.1, -0.05) is 22.9 Å². The molecule has 0 unspecified atom stereocenters. The largest absolute Gasteiger partial charge is 0.506 e. The monoisotopic (exact) mass is 467 g/mol. The van der Waals surface area contributed by atoms with Gasteiger partial charge in [0.05, 0.1) is 8.48 Å². The Hall–Kier alpha value is -0.540. The number of benzene rings is 1. The highest BCUT2D eigenvalue weighted by atomic mass is 127. The molecule has 1 N–H and O–H groups in total. The molecule has 1 aromatic rings. The molecule has 2 rings (SSSR count). The van der Waals surface area contributed by atoms with Crippen molar-refractivity contribution in [2.45, 2.75) is 13.3 Å². The second-order valence-electron chi connectivity index (χ2n) is 4.16. The Morgan fingerprint density at radius 1 is 1.45 bits per heavy atom. The van der Waals surface area contributed by atoms with E-state index in [-0.39, 0.29) is 16.9 Å². The molecule has 2 amide bonds. The predicted molar refractivity (Wildman–Crippen MR) is 91.5 cm³/mol. The fourth-order valence-electron chi connectivity index (χ4n) is 1.75. The Labute approximate surface area is 142 Å². The highest BCUT2D eigenvalue weighted by Crippen LogP contribution is 2.36. The van der Waals surface area contributed by atoms with Gasteiger partial charge in [-0.3, -0.25) is 14.5 Å². The lowest BCUT2D eigenvalue weighted by molar-refractivity contribution is -0.122. The van der Waals surface area contributed by atoms with Crippen molar-refractivity contribution in [2.75, 3.05) is 6.54 Å². The molecule has 20 heavy (non-hydrogen) atoms. The number of rotatable bonds is 3. The first kappa shape index (κ1) is 15.8. The lowest BCUT2D eigenvalue weighted by Gasteiger charge is -2.09. The fraction of sp³-hybridized carbons (Fsp3) is 0.231. The van der Waals surface area contributed by atoms with Crippen molar-refractivity contribution in [2.24, 2.45) is 0 Å². The van der Waals surface area contributed by atoms with Crippen LogP contribution >= 0.6 is 50.3 Å². The predicted octanol–water partition coefficient (Wildman–Crippen LogP) is 4.21. The van der Waals surface area contributed by atoms with Gasteiger partial charge in [-0.25, -0.2) is 0 Å². The molecule has 0 aromatic heterocycles. The van der Waals surface area contributed by atoms with Gasteiger partial charge in [-0.15, -0.1) is 0 Å². The number of nitrogens with zero attached hydrogens (tertiary/aromatic N) is 1. The first-order chi connectivity index (χ1) is 9.43. The molecule has 1 heterocycles. The molecule has 1 fully saturated rings. The van der Waals surface area contributed by atoms with E-state index in [2.05, 4.69) is 15.9 Å². The smallest absolute Gasteiger partial charge is 0.293 e. The number of amides is 2. The van der Waals surface area contributed by atoms with Crippen LogP contribution < -0.4 is 0 Å². The molecule has 0 atom stereocenters. The Morgan fingerprint density at radius 2 is 2.15 bits per heavy atom. The lowest BCUT2D eigenvalue weighted by Crippen LogP contribution is -2.28. The summed E-state index contributed by atoms with van der Waals surface area (Å²) in [7, 11) is 0. The molecule has 7 heteroatoms. The molecule has 1 aliphatic rings. The van der Waals surface area contributed by atoms with E-state index in [1.165, 1.54) is 4.90 Å². The molecule has 1 aromatic carbocycles. The van der Waals surface area contributed by atoms with E-state index in [9.17, 15) is 14.7 Å². The van der Waals surface area contributed by atoms with Gasteiger partial charge in [0.1, 0.15) is 5.75 Å². The van der Waals surface area contributed by atoms with Gasteiger partial charge < -0.3 is 5.11 Å². The number of aromatic hydroxyl groups is 1. The van der Waals surface area contributed by atoms with Gasteiger partial charge >= 0.3 is 0 Å². The van der Waals surface area contributed by atoms with E-state index in [0.29, 0.717) is 20.6 Å². The van der Waals surface area contributed by atoms with Crippen LogP contribution in [0.1, 0.15) is 18.9 Å². The molecule has 0 saturated carbocycles. The number of carbonyl (C=O) groups is 2. The third kappa shape index (κ3) is 3.20. The zero-order valence-electron chi connectivity index (χ0n) is 10.5. The number of thioether (sulfide) groups is 1. The number of imide groups is 1. The topological polar surface area (TPSA) is 57.6 Å². The van der Waals surface area contributed by atoms with Crippen LogP contribution in [0.25, 0.3) is 6.08 Å². The molecule has 4 nitrogen and oxygen atoms in total. The van der Waals surface area contributed by atoms with Crippen LogP contribution in [0.5, 0.6) is 5.75 Å². The average Bonchev–Trinajstić information content (AvgIpc) is 2.63. The first-order valence-corrected chi connectivity index (χ1v) is 8.56. The highest BCUT2D eigenvalue weighted by molar-refractivity contribution is 14.1. The standard InChI is InChI=1S/C13H11BrINO3S/c1-2-3-16-12(18)10(20-13(16)19)5-7-4-8(14)6-9(15)11(7)17/h4-6,17H,2-3H2,1H3/b10-5-. The summed E-state index contributed by atoms with van der Waals surface area (Å²) in [6.45, 7) is 2.33. The summed E-state index contributed by atoms with van der Waals surface area (Å²) in [5, 5.41) is 9.75. The van der Waals surface area contributed by atoms with Gasteiger partial charge in [0.25, 0.3) is 11.1 Å². The molecule has 0 aliphatic carbocycles. The van der Waals surface area contributed by atoms with E-state index in [4.69, 9.17) is 0 Å². The van der Waals surface area contributed by atoms with Gasteiger partial charge in [-0.2, -0.15) is 0 Å². The Kier molecular flexibility index (Phi) is 5.14. The minimum atomic E-state index is -0.295. The maximum Gasteiger partial charge on any atom is 0.293 e. The van der Waals surface area contributed by atoms with Gasteiger partial charge in [0, 0.05) is 16.6 Å². The van der Waals surface area contributed by atoms with Gasteiger partial charge in [0.15, 0.2) is 0 Å². The molecule has 1 aliphatic heterocycles. The number of phenols is 1. The van der Waals surface area contributed by atoms with E-state index < -0.39 is 0 Å². The molecular formula is C13H11BrINO3S. The average molecular weight is 468 g/mol. The summed E-state index contributed by atoms with van der Waals surface area (Å²) in [5.41, 5.74) is 0.519. The van der Waals surface area contributed by atoms with Gasteiger partial charge in [0.2, 0.25) is 0 Å². The number of halogens is 2. The van der Waals surface area contributed by atoms with E-state index in [1.807, 2.05) is 29.5 Å². The SMILES string of the molecule is CCCN1C(=O)S/C(=C\c2cc(Br)cc(I)c2O)C1=O. The molecule has 0 spiro atoms. The van der Waals surface area contributed by atoms with Crippen molar-refractivity contribution in [3.8, 4) is 5.75 Å². The van der Waals surface area contributed by atoms with Crippen molar-refractivity contribution >= 4 is 67.5 Å². The molecule has 0 bridgehead atoms. The van der Waals surface area contributed by atoms with Crippen LogP contribution in [0.4, 0.5) is 4.79 Å². The number of hydrogen-bond acceptors (Lipinski definition) is 4. The summed E-state index contributed by atoms with van der Waals surface area (Å²) in [6, 6.07) is 3.49. The second-order valence-corrected chi connectivity index (χ2v) is 7.23. The molecule has 1 saturated heterocycles. The minimum Gasteiger partial charge on any atom is -0.506 e.